The Morgan fingerprint density at radius 2 is 2.27 bits per heavy atom. The number of nitrogens with one attached hydrogen (secondary N) is 1. The standard InChI is InChI=1S/C12H24N2O/c1-10(2)13-7-12-8-14-6-4-3-5-11(14)9-15-12/h10-13H,3-9H2,1-2H3. The van der Waals surface area contributed by atoms with Gasteiger partial charge in [0.15, 0.2) is 0 Å². The Labute approximate surface area is 93.2 Å². The van der Waals surface area contributed by atoms with Gasteiger partial charge in [0, 0.05) is 25.2 Å². The number of morpholine rings is 1. The number of piperidine rings is 1. The lowest BCUT2D eigenvalue weighted by Gasteiger charge is -2.42. The van der Waals surface area contributed by atoms with Crippen molar-refractivity contribution in [2.45, 2.75) is 51.3 Å². The van der Waals surface area contributed by atoms with Crippen LogP contribution in [0.4, 0.5) is 0 Å². The van der Waals surface area contributed by atoms with Gasteiger partial charge >= 0.3 is 0 Å². The summed E-state index contributed by atoms with van der Waals surface area (Å²) in [4.78, 5) is 2.62. The van der Waals surface area contributed by atoms with Gasteiger partial charge in [-0.2, -0.15) is 0 Å². The van der Waals surface area contributed by atoms with Crippen LogP contribution in [-0.4, -0.2) is 49.3 Å². The van der Waals surface area contributed by atoms with Crippen LogP contribution in [0.15, 0.2) is 0 Å². The van der Waals surface area contributed by atoms with E-state index >= 15 is 0 Å². The molecule has 0 aromatic carbocycles. The molecule has 0 radical (unpaired) electrons. The highest BCUT2D eigenvalue weighted by molar-refractivity contribution is 4.84. The topological polar surface area (TPSA) is 24.5 Å². The van der Waals surface area contributed by atoms with Crippen molar-refractivity contribution in [3.05, 3.63) is 0 Å². The van der Waals surface area contributed by atoms with Crippen molar-refractivity contribution >= 4 is 0 Å². The minimum absolute atomic E-state index is 0.404. The van der Waals surface area contributed by atoms with Crippen molar-refractivity contribution in [3.8, 4) is 0 Å². The van der Waals surface area contributed by atoms with Crippen LogP contribution in [0.3, 0.4) is 0 Å². The van der Waals surface area contributed by atoms with E-state index in [1.807, 2.05) is 0 Å². The second-order valence-electron chi connectivity index (χ2n) is 5.16. The molecular weight excluding hydrogens is 188 g/mol. The Bertz CT molecular complexity index is 196. The molecule has 2 aliphatic heterocycles. The van der Waals surface area contributed by atoms with Crippen LogP contribution in [0.25, 0.3) is 0 Å². The van der Waals surface area contributed by atoms with Crippen molar-refractivity contribution in [1.29, 1.82) is 0 Å². The summed E-state index contributed by atoms with van der Waals surface area (Å²) in [5.41, 5.74) is 0. The van der Waals surface area contributed by atoms with Gasteiger partial charge in [-0.25, -0.2) is 0 Å². The molecule has 2 aliphatic rings. The summed E-state index contributed by atoms with van der Waals surface area (Å²) in [5, 5.41) is 3.46. The highest BCUT2D eigenvalue weighted by Gasteiger charge is 2.30. The molecule has 15 heavy (non-hydrogen) atoms. The molecule has 0 aromatic rings. The Kier molecular flexibility index (Phi) is 4.00. The molecule has 0 bridgehead atoms. The molecule has 2 heterocycles. The van der Waals surface area contributed by atoms with E-state index in [2.05, 4.69) is 24.1 Å². The third-order valence-electron chi connectivity index (χ3n) is 3.47. The van der Waals surface area contributed by atoms with Crippen molar-refractivity contribution in [1.82, 2.24) is 10.2 Å². The number of fused-ring (bicyclic) bond motifs is 1. The molecule has 1 N–H and O–H groups in total. The van der Waals surface area contributed by atoms with Crippen LogP contribution in [0, 0.1) is 0 Å². The van der Waals surface area contributed by atoms with Crippen molar-refractivity contribution in [2.24, 2.45) is 0 Å². The SMILES string of the molecule is CC(C)NCC1CN2CCCCC2CO1. The first-order valence-electron chi connectivity index (χ1n) is 6.34. The zero-order chi connectivity index (χ0) is 10.7. The van der Waals surface area contributed by atoms with Gasteiger partial charge in [0.2, 0.25) is 0 Å². The monoisotopic (exact) mass is 212 g/mol. The van der Waals surface area contributed by atoms with E-state index in [-0.39, 0.29) is 0 Å². The summed E-state index contributed by atoms with van der Waals surface area (Å²) in [5.74, 6) is 0. The first-order chi connectivity index (χ1) is 7.25. The summed E-state index contributed by atoms with van der Waals surface area (Å²) in [6.07, 6.45) is 4.51. The second kappa shape index (κ2) is 5.28. The molecule has 0 aliphatic carbocycles. The summed E-state index contributed by atoms with van der Waals surface area (Å²) in [6.45, 7) is 8.74. The molecule has 0 amide bonds. The lowest BCUT2D eigenvalue weighted by Crippen LogP contribution is -2.54. The third kappa shape index (κ3) is 3.16. The maximum Gasteiger partial charge on any atom is 0.0827 e. The van der Waals surface area contributed by atoms with E-state index in [1.165, 1.54) is 25.8 Å². The van der Waals surface area contributed by atoms with Crippen LogP contribution in [0.5, 0.6) is 0 Å². The number of hydrogen-bond acceptors (Lipinski definition) is 3. The van der Waals surface area contributed by atoms with Gasteiger partial charge in [-0.1, -0.05) is 20.3 Å². The molecule has 3 heteroatoms. The number of nitrogens with zero attached hydrogens (tertiary/aromatic N) is 1. The Morgan fingerprint density at radius 1 is 1.40 bits per heavy atom. The largest absolute Gasteiger partial charge is 0.374 e. The maximum absolute atomic E-state index is 5.89. The molecule has 2 rings (SSSR count). The lowest BCUT2D eigenvalue weighted by molar-refractivity contribution is -0.0737. The Balaban J connectivity index is 1.75. The fourth-order valence-electron chi connectivity index (χ4n) is 2.54. The molecule has 0 aromatic heterocycles. The summed E-state index contributed by atoms with van der Waals surface area (Å²) in [7, 11) is 0. The van der Waals surface area contributed by atoms with E-state index in [0.29, 0.717) is 18.2 Å². The predicted octanol–water partition coefficient (Wildman–Crippen LogP) is 1.24. The molecule has 2 atom stereocenters. The number of rotatable bonds is 3. The van der Waals surface area contributed by atoms with E-state index in [4.69, 9.17) is 4.74 Å². The van der Waals surface area contributed by atoms with E-state index in [1.54, 1.807) is 0 Å². The molecule has 2 saturated heterocycles. The van der Waals surface area contributed by atoms with Crippen LogP contribution < -0.4 is 5.32 Å². The highest BCUT2D eigenvalue weighted by Crippen LogP contribution is 2.21. The van der Waals surface area contributed by atoms with Crippen LogP contribution >= 0.6 is 0 Å². The van der Waals surface area contributed by atoms with Gasteiger partial charge in [-0.3, -0.25) is 4.90 Å². The minimum Gasteiger partial charge on any atom is -0.374 e. The summed E-state index contributed by atoms with van der Waals surface area (Å²) < 4.78 is 5.89. The van der Waals surface area contributed by atoms with Crippen molar-refractivity contribution < 1.29 is 4.74 Å². The predicted molar refractivity (Wildman–Crippen MR) is 62.1 cm³/mol. The molecule has 88 valence electrons. The zero-order valence-electron chi connectivity index (χ0n) is 10.0. The van der Waals surface area contributed by atoms with Crippen molar-refractivity contribution in [3.63, 3.8) is 0 Å². The molecule has 0 saturated carbocycles. The van der Waals surface area contributed by atoms with Crippen molar-refractivity contribution in [2.75, 3.05) is 26.2 Å². The van der Waals surface area contributed by atoms with Gasteiger partial charge in [0.1, 0.15) is 0 Å². The Hall–Kier alpha value is -0.120. The maximum atomic E-state index is 5.89. The normalized spacial score (nSPS) is 33.0. The first-order valence-corrected chi connectivity index (χ1v) is 6.34. The lowest BCUT2D eigenvalue weighted by atomic mass is 10.0. The number of hydrogen-bond donors (Lipinski definition) is 1. The van der Waals surface area contributed by atoms with E-state index in [9.17, 15) is 0 Å². The van der Waals surface area contributed by atoms with Gasteiger partial charge in [-0.05, 0) is 19.4 Å². The second-order valence-corrected chi connectivity index (χ2v) is 5.16. The quantitative estimate of drug-likeness (QED) is 0.762. The molecule has 0 spiro atoms. The Morgan fingerprint density at radius 3 is 3.07 bits per heavy atom. The average Bonchev–Trinajstić information content (AvgIpc) is 2.26. The summed E-state index contributed by atoms with van der Waals surface area (Å²) >= 11 is 0. The van der Waals surface area contributed by atoms with E-state index < -0.39 is 0 Å². The van der Waals surface area contributed by atoms with E-state index in [0.717, 1.165) is 19.7 Å². The average molecular weight is 212 g/mol. The number of ether oxygens (including phenoxy) is 1. The van der Waals surface area contributed by atoms with Gasteiger partial charge in [0.05, 0.1) is 12.7 Å². The van der Waals surface area contributed by atoms with Crippen LogP contribution in [0.2, 0.25) is 0 Å². The van der Waals surface area contributed by atoms with Gasteiger partial charge < -0.3 is 10.1 Å². The van der Waals surface area contributed by atoms with Crippen LogP contribution in [0.1, 0.15) is 33.1 Å². The fraction of sp³-hybridized carbons (Fsp3) is 1.00. The smallest absolute Gasteiger partial charge is 0.0827 e. The molecule has 3 nitrogen and oxygen atoms in total. The fourth-order valence-corrected chi connectivity index (χ4v) is 2.54. The highest BCUT2D eigenvalue weighted by atomic mass is 16.5. The van der Waals surface area contributed by atoms with Gasteiger partial charge in [-0.15, -0.1) is 0 Å². The zero-order valence-corrected chi connectivity index (χ0v) is 10.0. The summed E-state index contributed by atoms with van der Waals surface area (Å²) in [6, 6.07) is 1.28. The minimum atomic E-state index is 0.404. The van der Waals surface area contributed by atoms with Gasteiger partial charge in [0.25, 0.3) is 0 Å². The first kappa shape index (κ1) is 11.4. The van der Waals surface area contributed by atoms with Crippen LogP contribution in [-0.2, 0) is 4.74 Å². The third-order valence-corrected chi connectivity index (χ3v) is 3.47. The molecule has 2 unspecified atom stereocenters. The molecule has 2 fully saturated rings. The molecular formula is C12H24N2O.